The number of nitrogens with two attached hydrogens (primary N) is 1. The van der Waals surface area contributed by atoms with Crippen molar-refractivity contribution in [1.82, 2.24) is 5.32 Å². The number of carbonyl (C=O) groups excluding carboxylic acids is 3. The molecule has 2 bridgehead atoms. The molecule has 1 amide bonds. The van der Waals surface area contributed by atoms with Gasteiger partial charge in [0.25, 0.3) is 0 Å². The minimum Gasteiger partial charge on any atom is -0.467 e. The third-order valence-corrected chi connectivity index (χ3v) is 13.5. The Balaban J connectivity index is 1.98. The summed E-state index contributed by atoms with van der Waals surface area (Å²) in [6.07, 6.45) is 3.27. The number of hydrogen-bond donors (Lipinski definition) is 12. The Morgan fingerprint density at radius 3 is 1.82 bits per heavy atom. The van der Waals surface area contributed by atoms with Gasteiger partial charge in [0.1, 0.15) is 18.2 Å². The van der Waals surface area contributed by atoms with E-state index in [0.717, 1.165) is 7.11 Å². The molecule has 20 nitrogen and oxygen atoms in total. The smallest absolute Gasteiger partial charge is 0.328 e. The van der Waals surface area contributed by atoms with Crippen LogP contribution in [0, 0.1) is 23.7 Å². The first-order valence-corrected chi connectivity index (χ1v) is 25.2. The Morgan fingerprint density at radius 1 is 0.699 bits per heavy atom. The lowest BCUT2D eigenvalue weighted by Gasteiger charge is -2.46. The molecule has 2 fully saturated rings. The molecule has 0 spiro atoms. The van der Waals surface area contributed by atoms with Gasteiger partial charge in [0.2, 0.25) is 5.91 Å². The van der Waals surface area contributed by atoms with Crippen LogP contribution >= 0.6 is 0 Å². The van der Waals surface area contributed by atoms with E-state index in [2.05, 4.69) is 5.32 Å². The van der Waals surface area contributed by atoms with E-state index in [1.807, 2.05) is 19.1 Å². The van der Waals surface area contributed by atoms with Crippen LogP contribution in [0.5, 0.6) is 0 Å². The van der Waals surface area contributed by atoms with Crippen LogP contribution in [0.15, 0.2) is 85.1 Å². The van der Waals surface area contributed by atoms with Crippen LogP contribution in [0.4, 0.5) is 0 Å². The molecule has 0 saturated carbocycles. The van der Waals surface area contributed by atoms with Crippen molar-refractivity contribution in [3.8, 4) is 0 Å². The van der Waals surface area contributed by atoms with Crippen molar-refractivity contribution in [3.63, 3.8) is 0 Å². The van der Waals surface area contributed by atoms with Crippen molar-refractivity contribution in [2.45, 2.75) is 196 Å². The van der Waals surface area contributed by atoms with E-state index >= 15 is 0 Å². The summed E-state index contributed by atoms with van der Waals surface area (Å²) in [6.45, 7) is 10.1. The second-order valence-electron chi connectivity index (χ2n) is 20.0. The van der Waals surface area contributed by atoms with E-state index in [9.17, 15) is 65.4 Å². The molecule has 3 rings (SSSR count). The molecule has 20 heteroatoms. The predicted molar refractivity (Wildman–Crippen MR) is 268 cm³/mol. The number of fused-ring (bicyclic) bond motifs is 2. The number of nitrogens with one attached hydrogen (secondary N) is 1. The topological polar surface area (TPSA) is 338 Å². The summed E-state index contributed by atoms with van der Waals surface area (Å²) in [5.41, 5.74) is 6.11. The van der Waals surface area contributed by atoms with Crippen LogP contribution in [0.1, 0.15) is 92.9 Å². The summed E-state index contributed by atoms with van der Waals surface area (Å²) in [5.74, 6) is -7.44. The molecule has 3 unspecified atom stereocenters. The number of ether oxygens (including phenoxy) is 5. The van der Waals surface area contributed by atoms with Crippen molar-refractivity contribution in [2.24, 2.45) is 29.4 Å². The first-order chi connectivity index (χ1) is 34.4. The zero-order valence-electron chi connectivity index (χ0n) is 43.1. The number of esters is 2. The summed E-state index contributed by atoms with van der Waals surface area (Å²) in [6, 6.07) is -2.32. The number of allylic oxidation sites excluding steroid dienone is 12. The van der Waals surface area contributed by atoms with E-state index in [-0.39, 0.29) is 38.0 Å². The molecular formula is C53H84N2O18. The third kappa shape index (κ3) is 20.9. The minimum absolute atomic E-state index is 0.156. The van der Waals surface area contributed by atoms with E-state index in [1.165, 1.54) is 13.0 Å². The number of cyclic esters (lactones) is 1. The lowest BCUT2D eigenvalue weighted by Crippen LogP contribution is -2.62. The van der Waals surface area contributed by atoms with Crippen molar-refractivity contribution >= 4 is 17.8 Å². The fourth-order valence-corrected chi connectivity index (χ4v) is 8.85. The average molecular weight is 1040 g/mol. The van der Waals surface area contributed by atoms with E-state index in [0.29, 0.717) is 0 Å². The molecule has 0 aromatic rings. The monoisotopic (exact) mass is 1040 g/mol. The zero-order valence-corrected chi connectivity index (χ0v) is 43.1. The molecule has 0 aliphatic carbocycles. The SMILES string of the molecule is COC(=O)C(NC(=O)[C@H]1C2C[C@@H](O[C@@H]3O[C@H](C)[C@@H](O)[C@H](N)[C@@H]3O)/C=C/C=C/C=C/C=C/C=C/C=C/C=C/[C@H](C)[C@@H](O)[C@@H](C)[C@H](C)OC(=O)C[C@H](O)CC(O)C[C@H](O)CC[C@@H](O)[C@H](O)C[C@](O)(C[C@@H]1O)O2)C(C)C. The second kappa shape index (κ2) is 31.2. The predicted octanol–water partition coefficient (Wildman–Crippen LogP) is 0.941. The maximum atomic E-state index is 14.1. The molecule has 0 aromatic heterocycles. The molecule has 0 radical (unpaired) electrons. The molecule has 3 aliphatic heterocycles. The molecule has 3 heterocycles. The van der Waals surface area contributed by atoms with Crippen LogP contribution in [0.3, 0.4) is 0 Å². The van der Waals surface area contributed by atoms with Gasteiger partial charge in [0.05, 0.1) is 92.6 Å². The first-order valence-electron chi connectivity index (χ1n) is 25.2. The lowest BCUT2D eigenvalue weighted by atomic mass is 9.81. The Morgan fingerprint density at radius 2 is 1.25 bits per heavy atom. The van der Waals surface area contributed by atoms with Crippen molar-refractivity contribution in [3.05, 3.63) is 85.1 Å². The van der Waals surface area contributed by atoms with Gasteiger partial charge in [-0.3, -0.25) is 9.59 Å². The van der Waals surface area contributed by atoms with Crippen LogP contribution in [-0.4, -0.2) is 180 Å². The molecule has 20 atom stereocenters. The van der Waals surface area contributed by atoms with Crippen LogP contribution in [0.2, 0.25) is 0 Å². The lowest BCUT2D eigenvalue weighted by molar-refractivity contribution is -0.308. The highest BCUT2D eigenvalue weighted by molar-refractivity contribution is 5.86. The maximum absolute atomic E-state index is 14.1. The largest absolute Gasteiger partial charge is 0.467 e. The maximum Gasteiger partial charge on any atom is 0.328 e. The molecule has 73 heavy (non-hydrogen) atoms. The minimum atomic E-state index is -2.40. The highest BCUT2D eigenvalue weighted by Crippen LogP contribution is 2.38. The Labute approximate surface area is 429 Å². The number of aliphatic hydroxyl groups excluding tert-OH is 9. The number of methoxy groups -OCH3 is 1. The fraction of sp³-hybridized carbons (Fsp3) is 0.679. The molecule has 13 N–H and O–H groups in total. The molecular weight excluding hydrogens is 953 g/mol. The molecule has 2 saturated heterocycles. The number of hydrogen-bond acceptors (Lipinski definition) is 19. The van der Waals surface area contributed by atoms with Crippen molar-refractivity contribution in [2.75, 3.05) is 7.11 Å². The number of carbonyl (C=O) groups is 3. The van der Waals surface area contributed by atoms with Gasteiger partial charge in [-0.15, -0.1) is 0 Å². The van der Waals surface area contributed by atoms with Gasteiger partial charge in [0.15, 0.2) is 12.1 Å². The van der Waals surface area contributed by atoms with Gasteiger partial charge in [-0.2, -0.15) is 0 Å². The zero-order chi connectivity index (χ0) is 54.6. The molecule has 414 valence electrons. The summed E-state index contributed by atoms with van der Waals surface area (Å²) >= 11 is 0. The quantitative estimate of drug-likeness (QED) is 0.165. The summed E-state index contributed by atoms with van der Waals surface area (Å²) in [4.78, 5) is 39.5. The second-order valence-corrected chi connectivity index (χ2v) is 20.0. The van der Waals surface area contributed by atoms with Crippen molar-refractivity contribution in [1.29, 1.82) is 0 Å². The van der Waals surface area contributed by atoms with Gasteiger partial charge in [-0.1, -0.05) is 113 Å². The number of amides is 1. The van der Waals surface area contributed by atoms with Gasteiger partial charge in [-0.05, 0) is 45.4 Å². The Bertz CT molecular complexity index is 1910. The standard InChI is InChI=1S/C53H84N2O18/c1-30(2)46(51(67)69-7)55-50(66)44-41(61)29-53(68)28-40(60)39(59)23-22-35(56)24-36(57)25-37(58)26-43(62)70-33(5)32(4)47(63)31(3)20-18-16-14-12-10-8-9-11-13-15-17-19-21-38(27-42(44)73-53)72-52-49(65)45(54)48(64)34(6)71-52/h8-21,30-42,44-49,52,56-61,63-65,68H,22-29,54H2,1-7H3,(H,55,66)/b9-8+,12-10+,13-11+,16-14+,17-15+,20-18+,21-19+/t31-,32-,33-,34+,35+,36?,37+,38-,39+,40+,41-,42?,44+,45-,46?,47+,48+,49-,52-,53+/m0/s1. The normalized spacial score (nSPS) is 42.2. The fourth-order valence-electron chi connectivity index (χ4n) is 8.85. The van der Waals surface area contributed by atoms with Gasteiger partial charge in [-0.25, -0.2) is 4.79 Å². The third-order valence-electron chi connectivity index (χ3n) is 13.5. The first kappa shape index (κ1) is 63.3. The van der Waals surface area contributed by atoms with Crippen LogP contribution in [-0.2, 0) is 38.1 Å². The Kier molecular flexibility index (Phi) is 27.0. The highest BCUT2D eigenvalue weighted by Gasteiger charge is 2.51. The average Bonchev–Trinajstić information content (AvgIpc) is 3.31. The summed E-state index contributed by atoms with van der Waals surface area (Å²) < 4.78 is 28.6. The van der Waals surface area contributed by atoms with Crippen LogP contribution in [0.25, 0.3) is 0 Å². The number of rotatable bonds is 6. The Hall–Kier alpha value is -3.97. The highest BCUT2D eigenvalue weighted by atomic mass is 16.7. The van der Waals surface area contributed by atoms with Crippen molar-refractivity contribution < 1.29 is 89.1 Å². The van der Waals surface area contributed by atoms with Gasteiger partial charge < -0.3 is 85.8 Å². The van der Waals surface area contributed by atoms with Gasteiger partial charge in [0, 0.05) is 31.1 Å². The summed E-state index contributed by atoms with van der Waals surface area (Å²) in [7, 11) is 1.15. The van der Waals surface area contributed by atoms with Crippen LogP contribution < -0.4 is 11.1 Å². The summed E-state index contributed by atoms with van der Waals surface area (Å²) in [5, 5.41) is 113. The van der Waals surface area contributed by atoms with E-state index < -0.39 is 158 Å². The van der Waals surface area contributed by atoms with E-state index in [1.54, 1.807) is 94.5 Å². The van der Waals surface area contributed by atoms with Gasteiger partial charge >= 0.3 is 11.9 Å². The molecule has 3 aliphatic rings. The van der Waals surface area contributed by atoms with E-state index in [4.69, 9.17) is 29.4 Å². The molecule has 0 aromatic carbocycles. The number of aliphatic hydroxyl groups is 10.